The van der Waals surface area contributed by atoms with Crippen molar-refractivity contribution in [2.24, 2.45) is 0 Å². The summed E-state index contributed by atoms with van der Waals surface area (Å²) in [5.41, 5.74) is -0.201. The maximum absolute atomic E-state index is 10.6. The SMILES string of the molecule is O=[C]C1=CC(=O)C=CC1=O. The Hall–Kier alpha value is -1.51. The molecule has 0 aromatic rings. The van der Waals surface area contributed by atoms with Crippen LogP contribution in [0.1, 0.15) is 0 Å². The smallest absolute Gasteiger partial charge is 0.237 e. The van der Waals surface area contributed by atoms with Crippen LogP contribution in [0.5, 0.6) is 0 Å². The number of allylic oxidation sites excluding steroid dienone is 4. The van der Waals surface area contributed by atoms with Gasteiger partial charge in [0.05, 0.1) is 5.57 Å². The molecule has 0 aromatic carbocycles. The minimum atomic E-state index is -0.463. The lowest BCUT2D eigenvalue weighted by atomic mass is 10.1. The zero-order chi connectivity index (χ0) is 7.56. The Balaban J connectivity index is 3.00. The van der Waals surface area contributed by atoms with Crippen molar-refractivity contribution in [1.29, 1.82) is 0 Å². The fraction of sp³-hybridized carbons (Fsp3) is 0. The average molecular weight is 135 g/mol. The molecule has 3 nitrogen and oxygen atoms in total. The van der Waals surface area contributed by atoms with E-state index in [0.717, 1.165) is 18.2 Å². The van der Waals surface area contributed by atoms with Crippen LogP contribution in [0.4, 0.5) is 0 Å². The van der Waals surface area contributed by atoms with E-state index in [-0.39, 0.29) is 11.4 Å². The molecule has 0 saturated carbocycles. The van der Waals surface area contributed by atoms with Gasteiger partial charge in [-0.05, 0) is 12.2 Å². The molecule has 1 aliphatic carbocycles. The van der Waals surface area contributed by atoms with E-state index in [1.165, 1.54) is 6.29 Å². The summed E-state index contributed by atoms with van der Waals surface area (Å²) in [4.78, 5) is 31.0. The van der Waals surface area contributed by atoms with Gasteiger partial charge in [-0.3, -0.25) is 14.4 Å². The normalized spacial score (nSPS) is 17.0. The standard InChI is InChI=1S/C7H3O3/c8-4-5-3-6(9)1-2-7(5)10/h1-3H. The molecule has 1 rings (SSSR count). The van der Waals surface area contributed by atoms with Crippen molar-refractivity contribution < 1.29 is 14.4 Å². The number of carbonyl (C=O) groups excluding carboxylic acids is 3. The highest BCUT2D eigenvalue weighted by atomic mass is 16.1. The Kier molecular flexibility index (Phi) is 1.58. The Morgan fingerprint density at radius 3 is 2.40 bits per heavy atom. The number of hydrogen-bond donors (Lipinski definition) is 0. The third kappa shape index (κ3) is 1.07. The van der Waals surface area contributed by atoms with Crippen LogP contribution in [-0.2, 0) is 14.4 Å². The molecule has 0 unspecified atom stereocenters. The molecule has 0 spiro atoms. The summed E-state index contributed by atoms with van der Waals surface area (Å²) in [7, 11) is 0. The lowest BCUT2D eigenvalue weighted by molar-refractivity contribution is -0.114. The molecule has 0 amide bonds. The van der Waals surface area contributed by atoms with Gasteiger partial charge in [0.25, 0.3) is 0 Å². The molecule has 0 atom stereocenters. The molecule has 0 aromatic heterocycles. The van der Waals surface area contributed by atoms with Gasteiger partial charge in [-0.2, -0.15) is 0 Å². The van der Waals surface area contributed by atoms with Gasteiger partial charge in [0.15, 0.2) is 11.6 Å². The molecule has 49 valence electrons. The van der Waals surface area contributed by atoms with E-state index in [1.54, 1.807) is 0 Å². The predicted molar refractivity (Wildman–Crippen MR) is 32.9 cm³/mol. The molecule has 0 aliphatic heterocycles. The molecule has 10 heavy (non-hydrogen) atoms. The van der Waals surface area contributed by atoms with Gasteiger partial charge in [0.1, 0.15) is 0 Å². The number of hydrogen-bond acceptors (Lipinski definition) is 3. The van der Waals surface area contributed by atoms with Gasteiger partial charge in [0.2, 0.25) is 6.29 Å². The van der Waals surface area contributed by atoms with Crippen molar-refractivity contribution >= 4 is 17.9 Å². The topological polar surface area (TPSA) is 51.2 Å². The highest BCUT2D eigenvalue weighted by molar-refractivity contribution is 6.25. The summed E-state index contributed by atoms with van der Waals surface area (Å²) in [6, 6.07) is 0. The Morgan fingerprint density at radius 1 is 1.20 bits per heavy atom. The van der Waals surface area contributed by atoms with Gasteiger partial charge in [-0.25, -0.2) is 0 Å². The van der Waals surface area contributed by atoms with Crippen molar-refractivity contribution in [2.45, 2.75) is 0 Å². The molecular weight excluding hydrogens is 132 g/mol. The lowest BCUT2D eigenvalue weighted by Gasteiger charge is -1.95. The molecular formula is C7H3O3. The van der Waals surface area contributed by atoms with Crippen molar-refractivity contribution in [1.82, 2.24) is 0 Å². The van der Waals surface area contributed by atoms with Crippen molar-refractivity contribution in [3.05, 3.63) is 23.8 Å². The first kappa shape index (κ1) is 6.61. The maximum Gasteiger partial charge on any atom is 0.237 e. The van der Waals surface area contributed by atoms with Crippen LogP contribution in [0.3, 0.4) is 0 Å². The van der Waals surface area contributed by atoms with Crippen LogP contribution in [0.15, 0.2) is 23.8 Å². The van der Waals surface area contributed by atoms with E-state index < -0.39 is 5.78 Å². The number of ketones is 2. The quantitative estimate of drug-likeness (QED) is 0.367. The van der Waals surface area contributed by atoms with Gasteiger partial charge in [-0.1, -0.05) is 0 Å². The summed E-state index contributed by atoms with van der Waals surface area (Å²) < 4.78 is 0. The van der Waals surface area contributed by atoms with E-state index in [0.29, 0.717) is 0 Å². The Labute approximate surface area is 57.0 Å². The third-order valence-corrected chi connectivity index (χ3v) is 1.06. The maximum atomic E-state index is 10.6. The van der Waals surface area contributed by atoms with Gasteiger partial charge < -0.3 is 0 Å². The van der Waals surface area contributed by atoms with Crippen molar-refractivity contribution in [3.8, 4) is 0 Å². The molecule has 0 N–H and O–H groups in total. The van der Waals surface area contributed by atoms with Gasteiger partial charge in [0, 0.05) is 6.08 Å². The van der Waals surface area contributed by atoms with E-state index in [1.807, 2.05) is 0 Å². The van der Waals surface area contributed by atoms with E-state index in [4.69, 9.17) is 0 Å². The molecule has 3 heteroatoms. The highest BCUT2D eigenvalue weighted by Gasteiger charge is 2.11. The lowest BCUT2D eigenvalue weighted by Crippen LogP contribution is -2.07. The average Bonchev–Trinajstić information content (AvgIpc) is 1.94. The van der Waals surface area contributed by atoms with Crippen LogP contribution >= 0.6 is 0 Å². The zero-order valence-electron chi connectivity index (χ0n) is 4.96. The van der Waals surface area contributed by atoms with Crippen molar-refractivity contribution in [2.75, 3.05) is 0 Å². The molecule has 0 saturated heterocycles. The second-order valence-corrected chi connectivity index (χ2v) is 1.76. The van der Waals surface area contributed by atoms with E-state index in [2.05, 4.69) is 0 Å². The van der Waals surface area contributed by atoms with Crippen LogP contribution < -0.4 is 0 Å². The number of carbonyl (C=O) groups is 2. The molecule has 0 heterocycles. The number of rotatable bonds is 1. The first-order valence-electron chi connectivity index (χ1n) is 2.60. The predicted octanol–water partition coefficient (Wildman–Crippen LogP) is -0.270. The summed E-state index contributed by atoms with van der Waals surface area (Å²) in [6.07, 6.45) is 4.51. The monoisotopic (exact) mass is 135 g/mol. The van der Waals surface area contributed by atoms with Crippen LogP contribution in [0.25, 0.3) is 0 Å². The van der Waals surface area contributed by atoms with Gasteiger partial charge in [-0.15, -0.1) is 0 Å². The van der Waals surface area contributed by atoms with E-state index in [9.17, 15) is 14.4 Å². The second-order valence-electron chi connectivity index (χ2n) is 1.76. The van der Waals surface area contributed by atoms with Crippen LogP contribution in [0.2, 0.25) is 0 Å². The van der Waals surface area contributed by atoms with Gasteiger partial charge >= 0.3 is 0 Å². The Bertz CT molecular complexity index is 258. The fourth-order valence-electron chi connectivity index (χ4n) is 0.589. The summed E-state index contributed by atoms with van der Waals surface area (Å²) in [6.45, 7) is 0. The molecule has 0 bridgehead atoms. The Morgan fingerprint density at radius 2 is 1.90 bits per heavy atom. The van der Waals surface area contributed by atoms with E-state index >= 15 is 0 Å². The first-order valence-corrected chi connectivity index (χ1v) is 2.60. The molecule has 1 aliphatic rings. The third-order valence-electron chi connectivity index (χ3n) is 1.06. The minimum Gasteiger partial charge on any atom is -0.290 e. The summed E-state index contributed by atoms with van der Waals surface area (Å²) >= 11 is 0. The van der Waals surface area contributed by atoms with Crippen molar-refractivity contribution in [3.63, 3.8) is 0 Å². The highest BCUT2D eigenvalue weighted by Crippen LogP contribution is 2.00. The molecule has 1 radical (unpaired) electrons. The van der Waals surface area contributed by atoms with Crippen LogP contribution in [-0.4, -0.2) is 17.9 Å². The minimum absolute atomic E-state index is 0.201. The zero-order valence-corrected chi connectivity index (χ0v) is 4.96. The fourth-order valence-corrected chi connectivity index (χ4v) is 0.589. The van der Waals surface area contributed by atoms with Crippen LogP contribution in [0, 0.1) is 0 Å². The molecule has 0 fully saturated rings. The summed E-state index contributed by atoms with van der Waals surface area (Å²) in [5, 5.41) is 0. The summed E-state index contributed by atoms with van der Waals surface area (Å²) in [5.74, 6) is -0.812. The largest absolute Gasteiger partial charge is 0.290 e. The first-order chi connectivity index (χ1) is 4.74. The second kappa shape index (κ2) is 2.39.